The SMILES string of the molecule is Cc1cc(Nc2ncn(C)n2)cc(-c2cnc(C3(O)CCC(C(=O)O)CC3)s2)c1. The van der Waals surface area contributed by atoms with Crippen molar-refractivity contribution in [1.29, 1.82) is 0 Å². The highest BCUT2D eigenvalue weighted by Crippen LogP contribution is 2.43. The summed E-state index contributed by atoms with van der Waals surface area (Å²) in [4.78, 5) is 20.8. The molecule has 1 fully saturated rings. The Kier molecular flexibility index (Phi) is 5.10. The monoisotopic (exact) mass is 413 g/mol. The minimum absolute atomic E-state index is 0.375. The minimum atomic E-state index is -1.04. The normalized spacial score (nSPS) is 21.8. The summed E-state index contributed by atoms with van der Waals surface area (Å²) >= 11 is 1.46. The van der Waals surface area contributed by atoms with Gasteiger partial charge in [0.15, 0.2) is 0 Å². The lowest BCUT2D eigenvalue weighted by atomic mass is 9.79. The Hall–Kier alpha value is -2.78. The number of nitrogens with zero attached hydrogens (tertiary/aromatic N) is 4. The van der Waals surface area contributed by atoms with Crippen LogP contribution in [-0.2, 0) is 17.4 Å². The van der Waals surface area contributed by atoms with Gasteiger partial charge in [0.25, 0.3) is 0 Å². The summed E-state index contributed by atoms with van der Waals surface area (Å²) in [6, 6.07) is 6.09. The molecular formula is C20H23N5O3S. The molecular weight excluding hydrogens is 390 g/mol. The zero-order valence-corrected chi connectivity index (χ0v) is 17.1. The Labute approximate surface area is 172 Å². The quantitative estimate of drug-likeness (QED) is 0.587. The van der Waals surface area contributed by atoms with Crippen LogP contribution < -0.4 is 5.32 Å². The standard InChI is InChI=1S/C20H23N5O3S/c1-12-7-14(9-15(8-12)23-19-22-11-25(2)24-19)16-10-21-18(29-16)20(28)5-3-13(4-6-20)17(26)27/h7-11,13,28H,3-6H2,1-2H3,(H,23,24)(H,26,27). The number of carbonyl (C=O) groups is 1. The summed E-state index contributed by atoms with van der Waals surface area (Å²) in [6.07, 6.45) is 5.19. The number of aryl methyl sites for hydroxylation is 2. The zero-order chi connectivity index (χ0) is 20.6. The van der Waals surface area contributed by atoms with Crippen molar-refractivity contribution >= 4 is 28.9 Å². The topological polar surface area (TPSA) is 113 Å². The Bertz CT molecular complexity index is 1040. The number of aromatic nitrogens is 4. The highest BCUT2D eigenvalue weighted by atomic mass is 32.1. The third kappa shape index (κ3) is 4.15. The number of aliphatic carboxylic acids is 1. The van der Waals surface area contributed by atoms with E-state index in [9.17, 15) is 15.0 Å². The lowest BCUT2D eigenvalue weighted by molar-refractivity contribution is -0.145. The van der Waals surface area contributed by atoms with Crippen LogP contribution in [0.2, 0.25) is 0 Å². The number of thiazole rings is 1. The fraction of sp³-hybridized carbons (Fsp3) is 0.400. The molecule has 1 saturated carbocycles. The van der Waals surface area contributed by atoms with Crippen LogP contribution in [-0.4, -0.2) is 35.9 Å². The third-order valence-electron chi connectivity index (χ3n) is 5.28. The van der Waals surface area contributed by atoms with Gasteiger partial charge in [0, 0.05) is 18.9 Å². The fourth-order valence-corrected chi connectivity index (χ4v) is 4.75. The number of hydrogen-bond acceptors (Lipinski definition) is 7. The van der Waals surface area contributed by atoms with Crippen LogP contribution in [0.15, 0.2) is 30.7 Å². The van der Waals surface area contributed by atoms with Crippen LogP contribution in [0.3, 0.4) is 0 Å². The van der Waals surface area contributed by atoms with Crippen molar-refractivity contribution in [2.24, 2.45) is 13.0 Å². The molecule has 1 aromatic carbocycles. The molecule has 0 saturated heterocycles. The molecule has 2 aromatic heterocycles. The zero-order valence-electron chi connectivity index (χ0n) is 16.3. The molecule has 0 aliphatic heterocycles. The highest BCUT2D eigenvalue weighted by molar-refractivity contribution is 7.15. The summed E-state index contributed by atoms with van der Waals surface area (Å²) in [5.41, 5.74) is 1.91. The molecule has 1 aliphatic carbocycles. The Balaban J connectivity index is 1.55. The van der Waals surface area contributed by atoms with Gasteiger partial charge >= 0.3 is 5.97 Å². The smallest absolute Gasteiger partial charge is 0.306 e. The molecule has 2 heterocycles. The lowest BCUT2D eigenvalue weighted by Gasteiger charge is -2.32. The van der Waals surface area contributed by atoms with Crippen molar-refractivity contribution in [2.45, 2.75) is 38.2 Å². The molecule has 8 nitrogen and oxygen atoms in total. The molecule has 0 atom stereocenters. The molecule has 0 bridgehead atoms. The maximum absolute atomic E-state index is 11.2. The van der Waals surface area contributed by atoms with Crippen molar-refractivity contribution in [3.63, 3.8) is 0 Å². The first-order valence-electron chi connectivity index (χ1n) is 9.49. The second kappa shape index (κ2) is 7.57. The van der Waals surface area contributed by atoms with E-state index in [2.05, 4.69) is 26.4 Å². The molecule has 0 amide bonds. The first-order valence-corrected chi connectivity index (χ1v) is 10.3. The van der Waals surface area contributed by atoms with Gasteiger partial charge in [0.05, 0.1) is 10.8 Å². The molecule has 4 rings (SSSR count). The Morgan fingerprint density at radius 2 is 2.03 bits per heavy atom. The summed E-state index contributed by atoms with van der Waals surface area (Å²) < 4.78 is 1.63. The molecule has 29 heavy (non-hydrogen) atoms. The van der Waals surface area contributed by atoms with Crippen LogP contribution in [0.1, 0.15) is 36.3 Å². The van der Waals surface area contributed by atoms with Crippen LogP contribution in [0.25, 0.3) is 10.4 Å². The lowest BCUT2D eigenvalue weighted by Crippen LogP contribution is -2.33. The largest absolute Gasteiger partial charge is 0.481 e. The van der Waals surface area contributed by atoms with Gasteiger partial charge < -0.3 is 15.5 Å². The van der Waals surface area contributed by atoms with E-state index in [1.54, 1.807) is 17.2 Å². The molecule has 0 unspecified atom stereocenters. The van der Waals surface area contributed by atoms with E-state index in [1.165, 1.54) is 11.3 Å². The predicted molar refractivity (Wildman–Crippen MR) is 110 cm³/mol. The molecule has 1 aliphatic rings. The van der Waals surface area contributed by atoms with Gasteiger partial charge in [-0.3, -0.25) is 9.48 Å². The highest BCUT2D eigenvalue weighted by Gasteiger charge is 2.39. The Morgan fingerprint density at radius 1 is 1.28 bits per heavy atom. The number of hydrogen-bond donors (Lipinski definition) is 3. The molecule has 152 valence electrons. The molecule has 3 N–H and O–H groups in total. The minimum Gasteiger partial charge on any atom is -0.481 e. The van der Waals surface area contributed by atoms with E-state index in [0.29, 0.717) is 36.6 Å². The molecule has 0 radical (unpaired) electrons. The summed E-state index contributed by atoms with van der Waals surface area (Å²) in [5.74, 6) is -0.632. The second-order valence-electron chi connectivity index (χ2n) is 7.63. The Morgan fingerprint density at radius 3 is 2.69 bits per heavy atom. The number of carboxylic acid groups (broad SMARTS) is 1. The van der Waals surface area contributed by atoms with E-state index in [1.807, 2.05) is 26.1 Å². The number of benzene rings is 1. The molecule has 0 spiro atoms. The van der Waals surface area contributed by atoms with E-state index in [4.69, 9.17) is 0 Å². The average Bonchev–Trinajstić information content (AvgIpc) is 3.31. The van der Waals surface area contributed by atoms with Crippen LogP contribution in [0, 0.1) is 12.8 Å². The number of carboxylic acids is 1. The van der Waals surface area contributed by atoms with Crippen LogP contribution >= 0.6 is 11.3 Å². The third-order valence-corrected chi connectivity index (χ3v) is 6.52. The van der Waals surface area contributed by atoms with Crippen molar-refractivity contribution in [2.75, 3.05) is 5.32 Å². The van der Waals surface area contributed by atoms with Gasteiger partial charge in [-0.05, 0) is 55.9 Å². The first-order chi connectivity index (χ1) is 13.8. The van der Waals surface area contributed by atoms with E-state index < -0.39 is 11.6 Å². The predicted octanol–water partition coefficient (Wildman–Crippen LogP) is 3.45. The van der Waals surface area contributed by atoms with Gasteiger partial charge in [-0.1, -0.05) is 6.07 Å². The van der Waals surface area contributed by atoms with Crippen molar-refractivity contribution in [1.82, 2.24) is 19.7 Å². The van der Waals surface area contributed by atoms with Gasteiger partial charge in [-0.25, -0.2) is 9.97 Å². The van der Waals surface area contributed by atoms with Gasteiger partial charge in [-0.2, -0.15) is 0 Å². The van der Waals surface area contributed by atoms with Crippen molar-refractivity contribution in [3.05, 3.63) is 41.3 Å². The second-order valence-corrected chi connectivity index (χ2v) is 8.66. The van der Waals surface area contributed by atoms with Gasteiger partial charge in [0.1, 0.15) is 16.9 Å². The number of aliphatic hydroxyl groups is 1. The fourth-order valence-electron chi connectivity index (χ4n) is 3.70. The summed E-state index contributed by atoms with van der Waals surface area (Å²) in [5, 5.41) is 28.3. The maximum atomic E-state index is 11.2. The number of rotatable bonds is 5. The average molecular weight is 414 g/mol. The summed E-state index contributed by atoms with van der Waals surface area (Å²) in [7, 11) is 1.81. The van der Waals surface area contributed by atoms with E-state index in [-0.39, 0.29) is 5.92 Å². The van der Waals surface area contributed by atoms with Crippen LogP contribution in [0.4, 0.5) is 11.6 Å². The number of anilines is 2. The van der Waals surface area contributed by atoms with Gasteiger partial charge in [0.2, 0.25) is 5.95 Å². The maximum Gasteiger partial charge on any atom is 0.306 e. The molecule has 3 aromatic rings. The molecule has 9 heteroatoms. The van der Waals surface area contributed by atoms with Crippen molar-refractivity contribution in [3.8, 4) is 10.4 Å². The van der Waals surface area contributed by atoms with Gasteiger partial charge in [-0.15, -0.1) is 16.4 Å². The summed E-state index contributed by atoms with van der Waals surface area (Å²) in [6.45, 7) is 2.02. The first kappa shape index (κ1) is 19.5. The van der Waals surface area contributed by atoms with E-state index >= 15 is 0 Å². The number of nitrogens with one attached hydrogen (secondary N) is 1. The van der Waals surface area contributed by atoms with E-state index in [0.717, 1.165) is 21.7 Å². The van der Waals surface area contributed by atoms with Crippen LogP contribution in [0.5, 0.6) is 0 Å². The van der Waals surface area contributed by atoms with Crippen molar-refractivity contribution < 1.29 is 15.0 Å².